The topological polar surface area (TPSA) is 41.1 Å². The molecule has 0 spiro atoms. The van der Waals surface area contributed by atoms with Gasteiger partial charge in [-0.15, -0.1) is 0 Å². The molecule has 100 valence electrons. The van der Waals surface area contributed by atoms with E-state index in [0.717, 1.165) is 34.9 Å². The Morgan fingerprint density at radius 2 is 1.74 bits per heavy atom. The highest BCUT2D eigenvalue weighted by atomic mass is 16.1. The fourth-order valence-corrected chi connectivity index (χ4v) is 4.54. The predicted molar refractivity (Wildman–Crippen MR) is 75.1 cm³/mol. The zero-order valence-corrected chi connectivity index (χ0v) is 11.2. The summed E-state index contributed by atoms with van der Waals surface area (Å²) in [6.45, 7) is 0. The Hall–Kier alpha value is -1.51. The van der Waals surface area contributed by atoms with Crippen LogP contribution in [-0.4, -0.2) is 19.0 Å². The van der Waals surface area contributed by atoms with Gasteiger partial charge in [0.15, 0.2) is 0 Å². The first-order valence-electron chi connectivity index (χ1n) is 7.36. The van der Waals surface area contributed by atoms with E-state index in [4.69, 9.17) is 0 Å². The summed E-state index contributed by atoms with van der Waals surface area (Å²) in [5.74, 6) is 3.53. The van der Waals surface area contributed by atoms with Crippen LogP contribution in [0.3, 0.4) is 0 Å². The molecule has 0 radical (unpaired) electrons. The first-order chi connectivity index (χ1) is 9.28. The molecule has 3 nitrogen and oxygen atoms in total. The monoisotopic (exact) mass is 256 g/mol. The maximum absolute atomic E-state index is 12.2. The van der Waals surface area contributed by atoms with Crippen LogP contribution < -0.4 is 10.6 Å². The zero-order chi connectivity index (χ0) is 13.0. The molecular weight excluding hydrogens is 236 g/mol. The van der Waals surface area contributed by atoms with E-state index in [-0.39, 0.29) is 5.91 Å². The first-order valence-corrected chi connectivity index (χ1v) is 7.36. The lowest BCUT2D eigenvalue weighted by Gasteiger charge is -2.11. The van der Waals surface area contributed by atoms with Crippen molar-refractivity contribution in [2.75, 3.05) is 12.4 Å². The molecule has 3 saturated carbocycles. The molecule has 0 aromatic heterocycles. The first kappa shape index (κ1) is 11.3. The van der Waals surface area contributed by atoms with Crippen molar-refractivity contribution < 1.29 is 4.79 Å². The van der Waals surface area contributed by atoms with E-state index in [1.54, 1.807) is 0 Å². The van der Waals surface area contributed by atoms with Crippen LogP contribution in [0.1, 0.15) is 29.6 Å². The number of nitrogens with one attached hydrogen (secondary N) is 2. The van der Waals surface area contributed by atoms with Crippen LogP contribution in [0.5, 0.6) is 0 Å². The van der Waals surface area contributed by atoms with Gasteiger partial charge in [-0.1, -0.05) is 0 Å². The molecule has 1 amide bonds. The summed E-state index contributed by atoms with van der Waals surface area (Å²) in [6.07, 6.45) is 4.22. The Kier molecular flexibility index (Phi) is 2.38. The molecule has 4 atom stereocenters. The number of rotatable bonds is 3. The fraction of sp³-hybridized carbons (Fsp3) is 0.562. The summed E-state index contributed by atoms with van der Waals surface area (Å²) in [5, 5.41) is 6.32. The van der Waals surface area contributed by atoms with E-state index in [1.165, 1.54) is 19.3 Å². The number of fused-ring (bicyclic) bond motifs is 5. The highest BCUT2D eigenvalue weighted by Crippen LogP contribution is 2.65. The SMILES string of the molecule is CNc1ccc(C(=O)NC2C3C4CCC(C4)C23)cc1. The molecule has 2 bridgehead atoms. The third kappa shape index (κ3) is 1.67. The Morgan fingerprint density at radius 1 is 1.11 bits per heavy atom. The smallest absolute Gasteiger partial charge is 0.251 e. The summed E-state index contributed by atoms with van der Waals surface area (Å²) >= 11 is 0. The van der Waals surface area contributed by atoms with Crippen LogP contribution in [-0.2, 0) is 0 Å². The summed E-state index contributed by atoms with van der Waals surface area (Å²) in [5.41, 5.74) is 1.81. The van der Waals surface area contributed by atoms with E-state index in [9.17, 15) is 4.79 Å². The van der Waals surface area contributed by atoms with Crippen LogP contribution in [0.2, 0.25) is 0 Å². The van der Waals surface area contributed by atoms with E-state index < -0.39 is 0 Å². The molecule has 19 heavy (non-hydrogen) atoms. The number of benzene rings is 1. The minimum absolute atomic E-state index is 0.0986. The van der Waals surface area contributed by atoms with E-state index in [2.05, 4.69) is 10.6 Å². The summed E-state index contributed by atoms with van der Waals surface area (Å²) in [4.78, 5) is 12.2. The number of amides is 1. The van der Waals surface area contributed by atoms with Gasteiger partial charge in [0.2, 0.25) is 0 Å². The van der Waals surface area contributed by atoms with Gasteiger partial charge in [0.05, 0.1) is 0 Å². The van der Waals surface area contributed by atoms with E-state index in [0.29, 0.717) is 6.04 Å². The minimum Gasteiger partial charge on any atom is -0.388 e. The van der Waals surface area contributed by atoms with Gasteiger partial charge < -0.3 is 10.6 Å². The largest absolute Gasteiger partial charge is 0.388 e. The number of hydrogen-bond donors (Lipinski definition) is 2. The molecule has 3 aliphatic rings. The van der Waals surface area contributed by atoms with Gasteiger partial charge >= 0.3 is 0 Å². The normalized spacial score (nSPS) is 37.8. The lowest BCUT2D eigenvalue weighted by molar-refractivity contribution is 0.0944. The average molecular weight is 256 g/mol. The number of hydrogen-bond acceptors (Lipinski definition) is 2. The van der Waals surface area contributed by atoms with Crippen LogP contribution in [0, 0.1) is 23.7 Å². The Morgan fingerprint density at radius 3 is 2.32 bits per heavy atom. The predicted octanol–water partition coefficient (Wildman–Crippen LogP) is 2.50. The molecule has 4 unspecified atom stereocenters. The fourth-order valence-electron chi connectivity index (χ4n) is 4.54. The maximum atomic E-state index is 12.2. The lowest BCUT2D eigenvalue weighted by atomic mass is 10.0. The summed E-state index contributed by atoms with van der Waals surface area (Å²) in [6, 6.07) is 8.17. The highest BCUT2D eigenvalue weighted by Gasteiger charge is 2.65. The quantitative estimate of drug-likeness (QED) is 0.872. The second-order valence-electron chi connectivity index (χ2n) is 6.31. The second-order valence-corrected chi connectivity index (χ2v) is 6.31. The molecular formula is C16H20N2O. The molecule has 0 saturated heterocycles. The van der Waals surface area contributed by atoms with Crippen molar-refractivity contribution in [1.82, 2.24) is 5.32 Å². The highest BCUT2D eigenvalue weighted by molar-refractivity contribution is 5.95. The third-order valence-electron chi connectivity index (χ3n) is 5.47. The molecule has 0 heterocycles. The molecule has 1 aromatic rings. The van der Waals surface area contributed by atoms with Gasteiger partial charge in [0, 0.05) is 24.3 Å². The van der Waals surface area contributed by atoms with Gasteiger partial charge in [-0.05, 0) is 67.2 Å². The van der Waals surface area contributed by atoms with Crippen LogP contribution in [0.15, 0.2) is 24.3 Å². The summed E-state index contributed by atoms with van der Waals surface area (Å²) < 4.78 is 0. The van der Waals surface area contributed by atoms with Crippen molar-refractivity contribution in [3.05, 3.63) is 29.8 Å². The Balaban J connectivity index is 1.42. The van der Waals surface area contributed by atoms with Crippen LogP contribution >= 0.6 is 0 Å². The number of carbonyl (C=O) groups excluding carboxylic acids is 1. The molecule has 3 heteroatoms. The second kappa shape index (κ2) is 3.99. The molecule has 3 fully saturated rings. The van der Waals surface area contributed by atoms with Crippen LogP contribution in [0.4, 0.5) is 5.69 Å². The van der Waals surface area contributed by atoms with Crippen molar-refractivity contribution in [2.45, 2.75) is 25.3 Å². The molecule has 3 aliphatic carbocycles. The molecule has 4 rings (SSSR count). The van der Waals surface area contributed by atoms with Gasteiger partial charge in [0.1, 0.15) is 0 Å². The van der Waals surface area contributed by atoms with Gasteiger partial charge in [0.25, 0.3) is 5.91 Å². The van der Waals surface area contributed by atoms with Crippen LogP contribution in [0.25, 0.3) is 0 Å². The molecule has 1 aromatic carbocycles. The van der Waals surface area contributed by atoms with E-state index >= 15 is 0 Å². The average Bonchev–Trinajstić information content (AvgIpc) is 2.85. The van der Waals surface area contributed by atoms with E-state index in [1.807, 2.05) is 31.3 Å². The standard InChI is InChI=1S/C16H20N2O/c1-17-12-6-4-9(5-7-12)16(19)18-15-13-10-2-3-11(8-10)14(13)15/h4-7,10-11,13-15,17H,2-3,8H2,1H3,(H,18,19). The zero-order valence-electron chi connectivity index (χ0n) is 11.2. The van der Waals surface area contributed by atoms with Gasteiger partial charge in [-0.25, -0.2) is 0 Å². The van der Waals surface area contributed by atoms with Crippen molar-refractivity contribution in [2.24, 2.45) is 23.7 Å². The summed E-state index contributed by atoms with van der Waals surface area (Å²) in [7, 11) is 1.89. The molecule has 2 N–H and O–H groups in total. The van der Waals surface area contributed by atoms with Crippen molar-refractivity contribution in [3.8, 4) is 0 Å². The van der Waals surface area contributed by atoms with Crippen molar-refractivity contribution in [3.63, 3.8) is 0 Å². The molecule has 0 aliphatic heterocycles. The number of anilines is 1. The number of carbonyl (C=O) groups is 1. The van der Waals surface area contributed by atoms with Crippen molar-refractivity contribution in [1.29, 1.82) is 0 Å². The Bertz CT molecular complexity index is 494. The lowest BCUT2D eigenvalue weighted by Crippen LogP contribution is -2.29. The Labute approximate surface area is 113 Å². The maximum Gasteiger partial charge on any atom is 0.251 e. The van der Waals surface area contributed by atoms with Crippen molar-refractivity contribution >= 4 is 11.6 Å². The minimum atomic E-state index is 0.0986. The van der Waals surface area contributed by atoms with Gasteiger partial charge in [-0.2, -0.15) is 0 Å². The van der Waals surface area contributed by atoms with Gasteiger partial charge in [-0.3, -0.25) is 4.79 Å². The third-order valence-corrected chi connectivity index (χ3v) is 5.47.